The van der Waals surface area contributed by atoms with E-state index in [4.69, 9.17) is 0 Å². The van der Waals surface area contributed by atoms with Crippen LogP contribution in [-0.2, 0) is 17.6 Å². The van der Waals surface area contributed by atoms with E-state index < -0.39 is 0 Å². The number of hydrazine groups is 1. The summed E-state index contributed by atoms with van der Waals surface area (Å²) in [7, 11) is 0. The largest absolute Gasteiger partial charge is 0.273 e. The van der Waals surface area contributed by atoms with Crippen molar-refractivity contribution >= 4 is 23.2 Å². The number of benzene rings is 2. The molecule has 1 heterocycles. The van der Waals surface area contributed by atoms with Crippen LogP contribution in [0.15, 0.2) is 53.9 Å². The van der Waals surface area contributed by atoms with Crippen molar-refractivity contribution in [3.05, 3.63) is 76.5 Å². The Hall–Kier alpha value is -3.06. The van der Waals surface area contributed by atoms with E-state index in [-0.39, 0.29) is 24.1 Å². The zero-order chi connectivity index (χ0) is 19.2. The van der Waals surface area contributed by atoms with Crippen LogP contribution >= 0.6 is 11.3 Å². The number of carbonyl (C=O) groups is 2. The van der Waals surface area contributed by atoms with Crippen LogP contribution in [0, 0.1) is 5.82 Å². The van der Waals surface area contributed by atoms with E-state index in [1.807, 2.05) is 19.1 Å². The molecule has 138 valence electrons. The summed E-state index contributed by atoms with van der Waals surface area (Å²) in [5, 5.41) is 2.38. The van der Waals surface area contributed by atoms with Crippen molar-refractivity contribution < 1.29 is 14.0 Å². The third-order valence-electron chi connectivity index (χ3n) is 3.90. The molecule has 0 fully saturated rings. The molecule has 0 unspecified atom stereocenters. The summed E-state index contributed by atoms with van der Waals surface area (Å²) >= 11 is 1.33. The Morgan fingerprint density at radius 3 is 2.59 bits per heavy atom. The van der Waals surface area contributed by atoms with Gasteiger partial charge in [-0.1, -0.05) is 31.2 Å². The van der Waals surface area contributed by atoms with Crippen LogP contribution in [0.5, 0.6) is 0 Å². The van der Waals surface area contributed by atoms with Crippen molar-refractivity contribution in [3.63, 3.8) is 0 Å². The standard InChI is InChI=1S/C20H18FN3O2S/c1-2-13-6-8-14(9-7-13)19(26)24-23-18(25)11-17-12-27-20(22-17)15-4-3-5-16(21)10-15/h3-10,12H,2,11H2,1H3,(H,23,25)(H,24,26). The molecule has 0 saturated carbocycles. The molecule has 0 aliphatic carbocycles. The first kappa shape index (κ1) is 18.7. The molecule has 3 aromatic rings. The lowest BCUT2D eigenvalue weighted by Gasteiger charge is -2.07. The van der Waals surface area contributed by atoms with Crippen LogP contribution in [0.4, 0.5) is 4.39 Å². The monoisotopic (exact) mass is 383 g/mol. The van der Waals surface area contributed by atoms with E-state index in [9.17, 15) is 14.0 Å². The van der Waals surface area contributed by atoms with Gasteiger partial charge in [0.2, 0.25) is 5.91 Å². The van der Waals surface area contributed by atoms with Crippen molar-refractivity contribution in [2.45, 2.75) is 19.8 Å². The van der Waals surface area contributed by atoms with E-state index in [0.717, 1.165) is 12.0 Å². The number of rotatable bonds is 5. The number of nitrogens with zero attached hydrogens (tertiary/aromatic N) is 1. The molecule has 27 heavy (non-hydrogen) atoms. The minimum Gasteiger partial charge on any atom is -0.273 e. The lowest BCUT2D eigenvalue weighted by molar-refractivity contribution is -0.121. The minimum absolute atomic E-state index is 0.0148. The Balaban J connectivity index is 1.54. The Kier molecular flexibility index (Phi) is 5.93. The number of halogens is 1. The van der Waals surface area contributed by atoms with Crippen molar-refractivity contribution in [1.82, 2.24) is 15.8 Å². The molecule has 3 rings (SSSR count). The van der Waals surface area contributed by atoms with E-state index in [0.29, 0.717) is 21.8 Å². The molecule has 0 aliphatic heterocycles. The fraction of sp³-hybridized carbons (Fsp3) is 0.150. The first-order valence-corrected chi connectivity index (χ1v) is 9.31. The Bertz CT molecular complexity index is 954. The molecule has 7 heteroatoms. The van der Waals surface area contributed by atoms with Gasteiger partial charge in [-0.25, -0.2) is 9.37 Å². The number of aromatic nitrogens is 1. The average molecular weight is 383 g/mol. The number of hydrogen-bond donors (Lipinski definition) is 2. The van der Waals surface area contributed by atoms with Crippen molar-refractivity contribution in [3.8, 4) is 10.6 Å². The van der Waals surface area contributed by atoms with Gasteiger partial charge in [-0.2, -0.15) is 0 Å². The molecular formula is C20H18FN3O2S. The first-order chi connectivity index (χ1) is 13.0. The summed E-state index contributed by atoms with van der Waals surface area (Å²) in [6.45, 7) is 2.04. The number of carbonyl (C=O) groups excluding carboxylic acids is 2. The lowest BCUT2D eigenvalue weighted by atomic mass is 10.1. The number of amides is 2. The maximum atomic E-state index is 13.3. The Morgan fingerprint density at radius 2 is 1.89 bits per heavy atom. The van der Waals surface area contributed by atoms with Gasteiger partial charge in [-0.3, -0.25) is 20.4 Å². The second kappa shape index (κ2) is 8.55. The molecule has 0 bridgehead atoms. The Labute approximate surface area is 160 Å². The average Bonchev–Trinajstić information content (AvgIpc) is 3.14. The lowest BCUT2D eigenvalue weighted by Crippen LogP contribution is -2.42. The molecule has 0 radical (unpaired) electrons. The number of nitrogens with one attached hydrogen (secondary N) is 2. The van der Waals surface area contributed by atoms with Crippen molar-refractivity contribution in [1.29, 1.82) is 0 Å². The maximum Gasteiger partial charge on any atom is 0.269 e. The quantitative estimate of drug-likeness (QED) is 0.663. The number of aryl methyl sites for hydroxylation is 1. The summed E-state index contributed by atoms with van der Waals surface area (Å²) in [6.07, 6.45) is 0.907. The predicted octanol–water partition coefficient (Wildman–Crippen LogP) is 3.52. The molecule has 0 aliphatic rings. The minimum atomic E-state index is -0.385. The van der Waals surface area contributed by atoms with Crippen LogP contribution in [0.1, 0.15) is 28.5 Å². The van der Waals surface area contributed by atoms with Crippen LogP contribution in [0.25, 0.3) is 10.6 Å². The molecule has 2 amide bonds. The molecule has 1 aromatic heterocycles. The molecular weight excluding hydrogens is 365 g/mol. The topological polar surface area (TPSA) is 71.1 Å². The summed E-state index contributed by atoms with van der Waals surface area (Å²) in [6, 6.07) is 13.3. The van der Waals surface area contributed by atoms with Gasteiger partial charge >= 0.3 is 0 Å². The van der Waals surface area contributed by atoms with Crippen LogP contribution < -0.4 is 10.9 Å². The number of hydrogen-bond acceptors (Lipinski definition) is 4. The van der Waals surface area contributed by atoms with Crippen LogP contribution in [0.3, 0.4) is 0 Å². The highest BCUT2D eigenvalue weighted by Crippen LogP contribution is 2.24. The molecule has 5 nitrogen and oxygen atoms in total. The molecule has 2 N–H and O–H groups in total. The van der Waals surface area contributed by atoms with Gasteiger partial charge in [0.1, 0.15) is 10.8 Å². The zero-order valence-corrected chi connectivity index (χ0v) is 15.5. The van der Waals surface area contributed by atoms with Gasteiger partial charge in [0.15, 0.2) is 0 Å². The van der Waals surface area contributed by atoms with Gasteiger partial charge in [0, 0.05) is 16.5 Å². The summed E-state index contributed by atoms with van der Waals surface area (Å²) in [5.74, 6) is -1.11. The molecule has 0 saturated heterocycles. The summed E-state index contributed by atoms with van der Waals surface area (Å²) in [4.78, 5) is 28.4. The highest BCUT2D eigenvalue weighted by atomic mass is 32.1. The normalized spacial score (nSPS) is 10.4. The van der Waals surface area contributed by atoms with Crippen LogP contribution in [-0.4, -0.2) is 16.8 Å². The highest BCUT2D eigenvalue weighted by molar-refractivity contribution is 7.13. The highest BCUT2D eigenvalue weighted by Gasteiger charge is 2.11. The zero-order valence-electron chi connectivity index (χ0n) is 14.7. The second-order valence-electron chi connectivity index (χ2n) is 5.88. The van der Waals surface area contributed by atoms with E-state index in [1.54, 1.807) is 29.6 Å². The molecule has 2 aromatic carbocycles. The van der Waals surface area contributed by atoms with Crippen LogP contribution in [0.2, 0.25) is 0 Å². The molecule has 0 atom stereocenters. The maximum absolute atomic E-state index is 13.3. The van der Waals surface area contributed by atoms with Crippen molar-refractivity contribution in [2.75, 3.05) is 0 Å². The summed E-state index contributed by atoms with van der Waals surface area (Å²) < 4.78 is 13.3. The second-order valence-corrected chi connectivity index (χ2v) is 6.74. The van der Waals surface area contributed by atoms with Gasteiger partial charge in [0.25, 0.3) is 5.91 Å². The third kappa shape index (κ3) is 4.98. The Morgan fingerprint density at radius 1 is 1.11 bits per heavy atom. The van der Waals surface area contributed by atoms with E-state index >= 15 is 0 Å². The van der Waals surface area contributed by atoms with Gasteiger partial charge in [-0.05, 0) is 36.2 Å². The third-order valence-corrected chi connectivity index (χ3v) is 4.84. The SMILES string of the molecule is CCc1ccc(C(=O)NNC(=O)Cc2csc(-c3cccc(F)c3)n2)cc1. The fourth-order valence-electron chi connectivity index (χ4n) is 2.44. The number of thiazole rings is 1. The summed E-state index contributed by atoms with van der Waals surface area (Å²) in [5.41, 5.74) is 7.59. The van der Waals surface area contributed by atoms with E-state index in [1.165, 1.54) is 23.5 Å². The van der Waals surface area contributed by atoms with E-state index in [2.05, 4.69) is 15.8 Å². The van der Waals surface area contributed by atoms with Gasteiger partial charge < -0.3 is 0 Å². The van der Waals surface area contributed by atoms with Crippen molar-refractivity contribution in [2.24, 2.45) is 0 Å². The smallest absolute Gasteiger partial charge is 0.269 e. The van der Waals surface area contributed by atoms with Gasteiger partial charge in [0.05, 0.1) is 12.1 Å². The predicted molar refractivity (Wildman–Crippen MR) is 103 cm³/mol. The van der Waals surface area contributed by atoms with Gasteiger partial charge in [-0.15, -0.1) is 11.3 Å². The molecule has 0 spiro atoms. The fourth-order valence-corrected chi connectivity index (χ4v) is 3.26. The first-order valence-electron chi connectivity index (χ1n) is 8.43.